The zero-order chi connectivity index (χ0) is 30.3. The van der Waals surface area contributed by atoms with Crippen molar-refractivity contribution in [3.63, 3.8) is 0 Å². The highest BCUT2D eigenvalue weighted by atomic mass is 32.2. The maximum atomic E-state index is 13.1. The van der Waals surface area contributed by atoms with Gasteiger partial charge in [0.2, 0.25) is 0 Å². The Morgan fingerprint density at radius 3 is 2.10 bits per heavy atom. The quantitative estimate of drug-likeness (QED) is 0.324. The number of rotatable bonds is 7. The van der Waals surface area contributed by atoms with E-state index in [1.165, 1.54) is 6.07 Å². The summed E-state index contributed by atoms with van der Waals surface area (Å²) in [6.07, 6.45) is -14.2. The lowest BCUT2D eigenvalue weighted by Gasteiger charge is -2.32. The molecular weight excluding hydrogens is 578 g/mol. The lowest BCUT2D eigenvalue weighted by Crippen LogP contribution is -2.53. The number of fused-ring (bicyclic) bond motifs is 1. The van der Waals surface area contributed by atoms with Crippen LogP contribution in [0.1, 0.15) is 29.2 Å². The van der Waals surface area contributed by atoms with Gasteiger partial charge in [0.15, 0.2) is 9.84 Å². The van der Waals surface area contributed by atoms with Gasteiger partial charge < -0.3 is 20.3 Å². The Kier molecular flexibility index (Phi) is 8.13. The molecule has 0 saturated carbocycles. The molecule has 2 aromatic rings. The van der Waals surface area contributed by atoms with Crippen molar-refractivity contribution in [1.29, 1.82) is 0 Å². The van der Waals surface area contributed by atoms with Crippen LogP contribution in [0.25, 0.3) is 0 Å². The molecule has 1 unspecified atom stereocenters. The number of aliphatic hydroxyl groups is 1. The van der Waals surface area contributed by atoms with Crippen molar-refractivity contribution in [1.82, 2.24) is 4.90 Å². The summed E-state index contributed by atoms with van der Waals surface area (Å²) in [5, 5.41) is 21.3. The predicted octanol–water partition coefficient (Wildman–Crippen LogP) is 3.51. The molecular formula is C23H20F6N2O8S. The third kappa shape index (κ3) is 5.70. The maximum Gasteiger partial charge on any atom is 0.430 e. The maximum absolute atomic E-state index is 13.1. The number of ether oxygens (including phenoxy) is 1. The first-order valence-electron chi connectivity index (χ1n) is 11.0. The summed E-state index contributed by atoms with van der Waals surface area (Å²) in [4.78, 5) is 36.5. The molecule has 0 saturated heterocycles. The molecule has 3 rings (SSSR count). The van der Waals surface area contributed by atoms with Crippen LogP contribution in [0.3, 0.4) is 0 Å². The van der Waals surface area contributed by atoms with Crippen molar-refractivity contribution in [2.75, 3.05) is 18.2 Å². The molecule has 1 aliphatic rings. The lowest BCUT2D eigenvalue weighted by molar-refractivity contribution is -0.376. The zero-order valence-corrected chi connectivity index (χ0v) is 21.0. The van der Waals surface area contributed by atoms with E-state index in [4.69, 9.17) is 0 Å². The van der Waals surface area contributed by atoms with Crippen molar-refractivity contribution < 1.29 is 64.1 Å². The SMILES string of the molecule is COC(=O)CCS(=O)(=O)c1ccc2c(c1)CN(C(=O)O)C2C(=O)Nc1ccc(C(O)(C(F)(F)F)C(F)(F)F)cc1. The van der Waals surface area contributed by atoms with E-state index in [9.17, 15) is 59.4 Å². The second kappa shape index (κ2) is 10.6. The van der Waals surface area contributed by atoms with Gasteiger partial charge in [0.05, 0.1) is 30.7 Å². The summed E-state index contributed by atoms with van der Waals surface area (Å²) < 4.78 is 108. The van der Waals surface area contributed by atoms with E-state index >= 15 is 0 Å². The van der Waals surface area contributed by atoms with Gasteiger partial charge in [-0.05, 0) is 35.4 Å². The van der Waals surface area contributed by atoms with Gasteiger partial charge in [-0.3, -0.25) is 14.5 Å². The molecule has 3 N–H and O–H groups in total. The molecule has 1 aliphatic heterocycles. The Hall–Kier alpha value is -3.86. The number of carboxylic acid groups (broad SMARTS) is 1. The number of nitrogens with zero attached hydrogens (tertiary/aromatic N) is 1. The monoisotopic (exact) mass is 598 g/mol. The summed E-state index contributed by atoms with van der Waals surface area (Å²) in [5.41, 5.74) is -6.85. The number of nitrogens with one attached hydrogen (secondary N) is 1. The van der Waals surface area contributed by atoms with E-state index in [1.54, 1.807) is 0 Å². The zero-order valence-electron chi connectivity index (χ0n) is 20.2. The highest BCUT2D eigenvalue weighted by Gasteiger charge is 2.71. The molecule has 10 nitrogen and oxygen atoms in total. The average Bonchev–Trinajstić information content (AvgIpc) is 3.25. The van der Waals surface area contributed by atoms with Crippen LogP contribution in [-0.2, 0) is 36.3 Å². The largest absolute Gasteiger partial charge is 0.469 e. The number of benzene rings is 2. The number of carbonyl (C=O) groups is 3. The number of alkyl halides is 6. The summed E-state index contributed by atoms with van der Waals surface area (Å²) >= 11 is 0. The van der Waals surface area contributed by atoms with Crippen LogP contribution >= 0.6 is 0 Å². The third-order valence-corrected chi connectivity index (χ3v) is 7.82. The first-order chi connectivity index (χ1) is 18.3. The summed E-state index contributed by atoms with van der Waals surface area (Å²) in [6.45, 7) is -0.424. The molecule has 2 amide bonds. The van der Waals surface area contributed by atoms with Crippen LogP contribution < -0.4 is 5.32 Å². The highest BCUT2D eigenvalue weighted by molar-refractivity contribution is 7.91. The minimum Gasteiger partial charge on any atom is -0.469 e. The van der Waals surface area contributed by atoms with Gasteiger partial charge in [-0.25, -0.2) is 13.2 Å². The second-order valence-corrected chi connectivity index (χ2v) is 10.7. The van der Waals surface area contributed by atoms with E-state index in [1.807, 2.05) is 0 Å². The van der Waals surface area contributed by atoms with Crippen LogP contribution in [0.5, 0.6) is 0 Å². The van der Waals surface area contributed by atoms with Gasteiger partial charge in [-0.1, -0.05) is 18.2 Å². The van der Waals surface area contributed by atoms with Crippen LogP contribution in [0.4, 0.5) is 36.8 Å². The van der Waals surface area contributed by atoms with E-state index in [2.05, 4.69) is 10.1 Å². The van der Waals surface area contributed by atoms with Crippen LogP contribution in [0.15, 0.2) is 47.4 Å². The Labute approximate surface area is 222 Å². The molecule has 0 spiro atoms. The Bertz CT molecular complexity index is 1410. The normalized spacial score (nSPS) is 15.9. The fourth-order valence-electron chi connectivity index (χ4n) is 4.01. The Balaban J connectivity index is 1.88. The van der Waals surface area contributed by atoms with Crippen molar-refractivity contribution in [2.24, 2.45) is 0 Å². The number of carbonyl (C=O) groups excluding carboxylic acids is 2. The number of amides is 2. The Morgan fingerprint density at radius 2 is 1.60 bits per heavy atom. The minimum absolute atomic E-state index is 0.0759. The van der Waals surface area contributed by atoms with Gasteiger partial charge in [-0.2, -0.15) is 26.3 Å². The van der Waals surface area contributed by atoms with E-state index in [0.717, 1.165) is 19.2 Å². The first kappa shape index (κ1) is 30.7. The fourth-order valence-corrected chi connectivity index (χ4v) is 5.28. The first-order valence-corrected chi connectivity index (χ1v) is 12.7. The molecule has 1 heterocycles. The number of halogens is 6. The second-order valence-electron chi connectivity index (χ2n) is 8.59. The van der Waals surface area contributed by atoms with Crippen LogP contribution in [0, 0.1) is 0 Å². The molecule has 0 aliphatic carbocycles. The van der Waals surface area contributed by atoms with Crippen molar-refractivity contribution in [3.8, 4) is 0 Å². The van der Waals surface area contributed by atoms with Gasteiger partial charge >= 0.3 is 24.4 Å². The van der Waals surface area contributed by atoms with Crippen molar-refractivity contribution in [3.05, 3.63) is 59.2 Å². The molecule has 17 heteroatoms. The third-order valence-electron chi connectivity index (χ3n) is 6.11. The van der Waals surface area contributed by atoms with Gasteiger partial charge in [0.25, 0.3) is 11.5 Å². The lowest BCUT2D eigenvalue weighted by atomic mass is 9.92. The number of esters is 1. The molecule has 218 valence electrons. The van der Waals surface area contributed by atoms with Gasteiger partial charge in [0, 0.05) is 11.3 Å². The summed E-state index contributed by atoms with van der Waals surface area (Å²) in [5.74, 6) is -2.41. The van der Waals surface area contributed by atoms with E-state index < -0.39 is 76.1 Å². The standard InChI is InChI=1S/C23H20F6N2O8S/c1-39-17(32)8-9-40(37,38)15-6-7-16-12(10-15)11-31(20(34)35)18(16)19(33)30-14-4-2-13(3-5-14)21(36,22(24,25)26)23(27,28)29/h2-7,10,18,36H,8-9,11H2,1H3,(H,30,33)(H,34,35). The molecule has 0 bridgehead atoms. The molecule has 40 heavy (non-hydrogen) atoms. The van der Waals surface area contributed by atoms with Crippen molar-refractivity contribution in [2.45, 2.75) is 41.9 Å². The number of methoxy groups -OCH3 is 1. The molecule has 0 fully saturated rings. The number of hydrogen-bond acceptors (Lipinski definition) is 7. The number of sulfone groups is 1. The molecule has 1 atom stereocenters. The average molecular weight is 598 g/mol. The predicted molar refractivity (Wildman–Crippen MR) is 123 cm³/mol. The highest BCUT2D eigenvalue weighted by Crippen LogP contribution is 2.50. The smallest absolute Gasteiger partial charge is 0.430 e. The topological polar surface area (TPSA) is 150 Å². The van der Waals surface area contributed by atoms with E-state index in [-0.39, 0.29) is 21.7 Å². The summed E-state index contributed by atoms with van der Waals surface area (Å²) in [7, 11) is -2.92. The molecule has 0 radical (unpaired) electrons. The Morgan fingerprint density at radius 1 is 1.02 bits per heavy atom. The number of hydrogen-bond donors (Lipinski definition) is 3. The van der Waals surface area contributed by atoms with Crippen molar-refractivity contribution >= 4 is 33.5 Å². The number of anilines is 1. The molecule has 2 aromatic carbocycles. The van der Waals surface area contributed by atoms with E-state index in [0.29, 0.717) is 29.2 Å². The van der Waals surface area contributed by atoms with Crippen LogP contribution in [0.2, 0.25) is 0 Å². The molecule has 0 aromatic heterocycles. The van der Waals surface area contributed by atoms with Gasteiger partial charge in [0.1, 0.15) is 6.04 Å². The summed E-state index contributed by atoms with van der Waals surface area (Å²) in [6, 6.07) is 3.79. The fraction of sp³-hybridized carbons (Fsp3) is 0.348. The van der Waals surface area contributed by atoms with Gasteiger partial charge in [-0.15, -0.1) is 0 Å². The van der Waals surface area contributed by atoms with Crippen LogP contribution in [-0.4, -0.2) is 66.7 Å². The minimum atomic E-state index is -6.11.